The van der Waals surface area contributed by atoms with Crippen LogP contribution in [-0.4, -0.2) is 26.4 Å². The molecule has 6 aromatic carbocycles. The van der Waals surface area contributed by atoms with E-state index in [1.807, 2.05) is 48.5 Å². The molecule has 0 fully saturated rings. The zero-order chi connectivity index (χ0) is 27.7. The lowest BCUT2D eigenvalue weighted by Crippen LogP contribution is -2.12. The van der Waals surface area contributed by atoms with Crippen LogP contribution in [-0.2, 0) is 4.74 Å². The SMILES string of the molecule is c1ccc2cc(Nc3ccc(OCCOCCOc4ccc(Nc5ccc6ccccc6c5)cc4)cc3)ccc2c1. The van der Waals surface area contributed by atoms with E-state index in [4.69, 9.17) is 14.2 Å². The number of ether oxygens (including phenoxy) is 3. The maximum atomic E-state index is 5.82. The zero-order valence-electron chi connectivity index (χ0n) is 22.8. The fourth-order valence-corrected chi connectivity index (χ4v) is 4.68. The summed E-state index contributed by atoms with van der Waals surface area (Å²) >= 11 is 0. The van der Waals surface area contributed by atoms with Crippen LogP contribution in [0.4, 0.5) is 22.7 Å². The topological polar surface area (TPSA) is 51.8 Å². The maximum Gasteiger partial charge on any atom is 0.119 e. The Kier molecular flexibility index (Phi) is 8.26. The van der Waals surface area contributed by atoms with Crippen LogP contribution in [0.25, 0.3) is 21.5 Å². The zero-order valence-corrected chi connectivity index (χ0v) is 22.8. The summed E-state index contributed by atoms with van der Waals surface area (Å²) in [6.45, 7) is 1.95. The van der Waals surface area contributed by atoms with Crippen LogP contribution in [0.15, 0.2) is 133 Å². The van der Waals surface area contributed by atoms with Gasteiger partial charge in [0, 0.05) is 22.7 Å². The highest BCUT2D eigenvalue weighted by molar-refractivity contribution is 5.87. The second-order valence-electron chi connectivity index (χ2n) is 9.73. The Labute approximate surface area is 240 Å². The van der Waals surface area contributed by atoms with Gasteiger partial charge in [-0.3, -0.25) is 0 Å². The van der Waals surface area contributed by atoms with Gasteiger partial charge in [0.25, 0.3) is 0 Å². The highest BCUT2D eigenvalue weighted by atomic mass is 16.5. The highest BCUT2D eigenvalue weighted by Gasteiger charge is 2.01. The van der Waals surface area contributed by atoms with Crippen LogP contribution < -0.4 is 20.1 Å². The van der Waals surface area contributed by atoms with Crippen molar-refractivity contribution in [3.8, 4) is 11.5 Å². The number of rotatable bonds is 12. The van der Waals surface area contributed by atoms with Gasteiger partial charge in [0.1, 0.15) is 24.7 Å². The smallest absolute Gasteiger partial charge is 0.119 e. The van der Waals surface area contributed by atoms with Gasteiger partial charge in [-0.25, -0.2) is 0 Å². The van der Waals surface area contributed by atoms with Crippen LogP contribution in [0.3, 0.4) is 0 Å². The molecule has 0 saturated carbocycles. The van der Waals surface area contributed by atoms with Gasteiger partial charge in [-0.05, 0) is 94.3 Å². The molecule has 41 heavy (non-hydrogen) atoms. The molecular weight excluding hydrogens is 508 g/mol. The lowest BCUT2D eigenvalue weighted by Gasteiger charge is -2.11. The van der Waals surface area contributed by atoms with Crippen molar-refractivity contribution in [1.82, 2.24) is 0 Å². The molecule has 0 spiro atoms. The summed E-state index contributed by atoms with van der Waals surface area (Å²) in [5.41, 5.74) is 4.14. The fraction of sp³-hybridized carbons (Fsp3) is 0.111. The molecule has 0 unspecified atom stereocenters. The van der Waals surface area contributed by atoms with Crippen molar-refractivity contribution in [3.05, 3.63) is 133 Å². The minimum absolute atomic E-state index is 0.479. The Morgan fingerprint density at radius 2 is 0.756 bits per heavy atom. The van der Waals surface area contributed by atoms with Gasteiger partial charge in [0.15, 0.2) is 0 Å². The van der Waals surface area contributed by atoms with Gasteiger partial charge in [0.2, 0.25) is 0 Å². The van der Waals surface area contributed by atoms with Crippen LogP contribution in [0.1, 0.15) is 0 Å². The van der Waals surface area contributed by atoms with E-state index >= 15 is 0 Å². The number of anilines is 4. The number of benzene rings is 6. The van der Waals surface area contributed by atoms with Gasteiger partial charge in [-0.1, -0.05) is 60.7 Å². The van der Waals surface area contributed by atoms with Crippen molar-refractivity contribution in [2.45, 2.75) is 0 Å². The summed E-state index contributed by atoms with van der Waals surface area (Å²) in [6.07, 6.45) is 0. The molecule has 0 radical (unpaired) electrons. The molecule has 6 rings (SSSR count). The second kappa shape index (κ2) is 12.9. The Bertz CT molecular complexity index is 1590. The number of hydrogen-bond acceptors (Lipinski definition) is 5. The average Bonchev–Trinajstić information content (AvgIpc) is 3.02. The van der Waals surface area contributed by atoms with Crippen molar-refractivity contribution in [1.29, 1.82) is 0 Å². The highest BCUT2D eigenvalue weighted by Crippen LogP contribution is 2.25. The molecule has 6 aromatic rings. The third-order valence-electron chi connectivity index (χ3n) is 6.78. The Hall–Kier alpha value is -5.00. The summed E-state index contributed by atoms with van der Waals surface area (Å²) in [7, 11) is 0. The molecule has 204 valence electrons. The van der Waals surface area contributed by atoms with Crippen molar-refractivity contribution < 1.29 is 14.2 Å². The largest absolute Gasteiger partial charge is 0.491 e. The molecule has 5 nitrogen and oxygen atoms in total. The van der Waals surface area contributed by atoms with Gasteiger partial charge < -0.3 is 24.8 Å². The van der Waals surface area contributed by atoms with Crippen molar-refractivity contribution in [3.63, 3.8) is 0 Å². The van der Waals surface area contributed by atoms with Gasteiger partial charge in [0.05, 0.1) is 13.2 Å². The normalized spacial score (nSPS) is 10.9. The molecule has 0 bridgehead atoms. The Balaban J connectivity index is 0.872. The number of hydrogen-bond donors (Lipinski definition) is 2. The third kappa shape index (κ3) is 7.15. The molecule has 2 N–H and O–H groups in total. The molecule has 0 aromatic heterocycles. The lowest BCUT2D eigenvalue weighted by atomic mass is 10.1. The molecule has 0 aliphatic heterocycles. The average molecular weight is 541 g/mol. The molecule has 0 atom stereocenters. The minimum Gasteiger partial charge on any atom is -0.491 e. The van der Waals surface area contributed by atoms with E-state index in [1.54, 1.807) is 0 Å². The Morgan fingerprint density at radius 1 is 0.366 bits per heavy atom. The summed E-state index contributed by atoms with van der Waals surface area (Å²) in [5, 5.41) is 11.8. The maximum absolute atomic E-state index is 5.82. The van der Waals surface area contributed by atoms with Gasteiger partial charge in [-0.15, -0.1) is 0 Å². The second-order valence-corrected chi connectivity index (χ2v) is 9.73. The quantitative estimate of drug-likeness (QED) is 0.152. The first-order valence-electron chi connectivity index (χ1n) is 13.8. The predicted octanol–water partition coefficient (Wildman–Crippen LogP) is 8.95. The van der Waals surface area contributed by atoms with E-state index in [0.29, 0.717) is 26.4 Å². The molecule has 0 aliphatic rings. The van der Waals surface area contributed by atoms with Gasteiger partial charge in [-0.2, -0.15) is 0 Å². The summed E-state index contributed by atoms with van der Waals surface area (Å²) in [5.74, 6) is 1.62. The fourth-order valence-electron chi connectivity index (χ4n) is 4.68. The third-order valence-corrected chi connectivity index (χ3v) is 6.78. The van der Waals surface area contributed by atoms with Crippen molar-refractivity contribution in [2.75, 3.05) is 37.1 Å². The molecule has 5 heteroatoms. The Morgan fingerprint density at radius 3 is 1.20 bits per heavy atom. The lowest BCUT2D eigenvalue weighted by molar-refractivity contribution is 0.0764. The monoisotopic (exact) mass is 540 g/mol. The van der Waals surface area contributed by atoms with Crippen LogP contribution in [0, 0.1) is 0 Å². The van der Waals surface area contributed by atoms with Crippen LogP contribution in [0.5, 0.6) is 11.5 Å². The summed E-state index contributed by atoms with van der Waals surface area (Å²) in [6, 6.07) is 45.4. The summed E-state index contributed by atoms with van der Waals surface area (Å²) < 4.78 is 17.3. The predicted molar refractivity (Wildman–Crippen MR) is 169 cm³/mol. The van der Waals surface area contributed by atoms with Crippen LogP contribution >= 0.6 is 0 Å². The van der Waals surface area contributed by atoms with E-state index in [-0.39, 0.29) is 0 Å². The first-order valence-corrected chi connectivity index (χ1v) is 13.8. The van der Waals surface area contributed by atoms with Gasteiger partial charge >= 0.3 is 0 Å². The number of nitrogens with one attached hydrogen (secondary N) is 2. The van der Waals surface area contributed by atoms with E-state index in [1.165, 1.54) is 21.5 Å². The molecule has 0 amide bonds. The van der Waals surface area contributed by atoms with E-state index in [9.17, 15) is 0 Å². The summed E-state index contributed by atoms with van der Waals surface area (Å²) in [4.78, 5) is 0. The van der Waals surface area contributed by atoms with E-state index < -0.39 is 0 Å². The minimum atomic E-state index is 0.479. The van der Waals surface area contributed by atoms with Crippen molar-refractivity contribution >= 4 is 44.3 Å². The van der Waals surface area contributed by atoms with E-state index in [2.05, 4.69) is 95.6 Å². The van der Waals surface area contributed by atoms with E-state index in [0.717, 1.165) is 34.2 Å². The molecular formula is C36H32N2O3. The molecule has 0 heterocycles. The number of fused-ring (bicyclic) bond motifs is 2. The van der Waals surface area contributed by atoms with Crippen LogP contribution in [0.2, 0.25) is 0 Å². The standard InChI is InChI=1S/C36H32N2O3/c1-3-7-29-25-33(11-9-27(29)5-1)37-31-13-17-35(18-14-31)40-23-21-39-22-24-41-36-19-15-32(16-20-36)38-34-12-10-28-6-2-4-8-30(28)26-34/h1-20,25-26,37-38H,21-24H2. The molecule has 0 saturated heterocycles. The first-order chi connectivity index (χ1) is 20.3. The van der Waals surface area contributed by atoms with Crippen molar-refractivity contribution in [2.24, 2.45) is 0 Å². The first kappa shape index (κ1) is 26.2. The molecule has 0 aliphatic carbocycles.